The zero-order valence-electron chi connectivity index (χ0n) is 21.8. The lowest BCUT2D eigenvalue weighted by atomic mass is 9.48. The first-order valence-corrected chi connectivity index (χ1v) is 13.6. The van der Waals surface area contributed by atoms with E-state index in [0.29, 0.717) is 19.4 Å². The summed E-state index contributed by atoms with van der Waals surface area (Å²) in [5, 5.41) is 12.6. The van der Waals surface area contributed by atoms with Crippen molar-refractivity contribution in [3.63, 3.8) is 0 Å². The summed E-state index contributed by atoms with van der Waals surface area (Å²) < 4.78 is 6.79. The molecule has 1 amide bonds. The molecule has 2 aliphatic heterocycles. The molecular formula is C32H36N2O3. The van der Waals surface area contributed by atoms with Crippen LogP contribution in [-0.2, 0) is 16.6 Å². The highest BCUT2D eigenvalue weighted by molar-refractivity contribution is 5.94. The lowest BCUT2D eigenvalue weighted by Crippen LogP contribution is -2.78. The largest absolute Gasteiger partial charge is 0.487 e. The van der Waals surface area contributed by atoms with Gasteiger partial charge in [-0.3, -0.25) is 9.69 Å². The molecule has 2 aromatic rings. The molecule has 5 atom stereocenters. The van der Waals surface area contributed by atoms with Gasteiger partial charge in [0.25, 0.3) is 5.91 Å². The van der Waals surface area contributed by atoms with Crippen molar-refractivity contribution in [1.29, 1.82) is 0 Å². The molecule has 2 aliphatic carbocycles. The van der Waals surface area contributed by atoms with Gasteiger partial charge in [0.1, 0.15) is 11.9 Å². The maximum absolute atomic E-state index is 13.7. The Kier molecular flexibility index (Phi) is 5.93. The van der Waals surface area contributed by atoms with Gasteiger partial charge in [0.2, 0.25) is 0 Å². The van der Waals surface area contributed by atoms with Crippen molar-refractivity contribution >= 4 is 5.91 Å². The average Bonchev–Trinajstić information content (AvgIpc) is 3.23. The maximum atomic E-state index is 13.7. The fourth-order valence-corrected chi connectivity index (χ4v) is 7.76. The molecule has 192 valence electrons. The van der Waals surface area contributed by atoms with Gasteiger partial charge in [0.05, 0.1) is 17.1 Å². The third-order valence-electron chi connectivity index (χ3n) is 9.11. The third kappa shape index (κ3) is 3.57. The Morgan fingerprint density at radius 3 is 2.81 bits per heavy atom. The highest BCUT2D eigenvalue weighted by Gasteiger charge is 2.73. The molecule has 4 aliphatic rings. The SMILES string of the molecule is C=CCN1CC[C@]23c4c5cccc4O[C@H]2[C@@H](N(CC(C)C)C(=O)C#Cc2ccccc2)CC[C@@]3(O)[C@H]1C5. The molecular weight excluding hydrogens is 460 g/mol. The second kappa shape index (κ2) is 9.04. The number of aliphatic hydroxyl groups is 1. The summed E-state index contributed by atoms with van der Waals surface area (Å²) in [6.07, 6.45) is 4.59. The van der Waals surface area contributed by atoms with E-state index < -0.39 is 11.0 Å². The van der Waals surface area contributed by atoms with Crippen LogP contribution in [0.15, 0.2) is 61.2 Å². The minimum atomic E-state index is -0.905. The number of ether oxygens (including phenoxy) is 1. The molecule has 2 bridgehead atoms. The number of amides is 1. The molecule has 1 N–H and O–H groups in total. The van der Waals surface area contributed by atoms with E-state index in [0.717, 1.165) is 37.2 Å². The number of carbonyl (C=O) groups is 1. The van der Waals surface area contributed by atoms with Crippen molar-refractivity contribution in [2.75, 3.05) is 19.6 Å². The zero-order chi connectivity index (χ0) is 25.8. The molecule has 0 aromatic heterocycles. The molecule has 6 rings (SSSR count). The Labute approximate surface area is 220 Å². The van der Waals surface area contributed by atoms with Crippen LogP contribution in [0.3, 0.4) is 0 Å². The smallest absolute Gasteiger partial charge is 0.299 e. The first-order chi connectivity index (χ1) is 17.9. The van der Waals surface area contributed by atoms with Gasteiger partial charge in [0.15, 0.2) is 0 Å². The van der Waals surface area contributed by atoms with Crippen molar-refractivity contribution in [3.8, 4) is 17.6 Å². The summed E-state index contributed by atoms with van der Waals surface area (Å²) in [5.41, 5.74) is 1.86. The summed E-state index contributed by atoms with van der Waals surface area (Å²) in [7, 11) is 0. The number of piperidine rings is 1. The first-order valence-electron chi connectivity index (χ1n) is 13.6. The van der Waals surface area contributed by atoms with E-state index in [-0.39, 0.29) is 30.0 Å². The Balaban J connectivity index is 1.42. The van der Waals surface area contributed by atoms with Crippen molar-refractivity contribution < 1.29 is 14.6 Å². The lowest BCUT2D eigenvalue weighted by molar-refractivity contribution is -0.199. The fourth-order valence-electron chi connectivity index (χ4n) is 7.76. The molecule has 37 heavy (non-hydrogen) atoms. The Morgan fingerprint density at radius 1 is 1.24 bits per heavy atom. The first kappa shape index (κ1) is 24.3. The van der Waals surface area contributed by atoms with Crippen molar-refractivity contribution in [3.05, 3.63) is 77.9 Å². The third-order valence-corrected chi connectivity index (χ3v) is 9.11. The van der Waals surface area contributed by atoms with Crippen LogP contribution in [0.4, 0.5) is 0 Å². The Bertz CT molecular complexity index is 1280. The number of hydrogen-bond acceptors (Lipinski definition) is 4. The summed E-state index contributed by atoms with van der Waals surface area (Å²) in [6.45, 7) is 10.5. The van der Waals surface area contributed by atoms with Gasteiger partial charge in [-0.25, -0.2) is 0 Å². The molecule has 1 spiro atoms. The minimum Gasteiger partial charge on any atom is -0.487 e. The normalized spacial score (nSPS) is 31.1. The van der Waals surface area contributed by atoms with Crippen LogP contribution in [0.2, 0.25) is 0 Å². The monoisotopic (exact) mass is 496 g/mol. The van der Waals surface area contributed by atoms with E-state index in [2.05, 4.69) is 49.3 Å². The number of rotatable bonds is 5. The summed E-state index contributed by atoms with van der Waals surface area (Å²) in [6, 6.07) is 15.8. The van der Waals surface area contributed by atoms with Crippen LogP contribution in [0.25, 0.3) is 0 Å². The van der Waals surface area contributed by atoms with Crippen LogP contribution < -0.4 is 4.74 Å². The van der Waals surface area contributed by atoms with E-state index in [1.165, 1.54) is 11.1 Å². The minimum absolute atomic E-state index is 0.0132. The predicted molar refractivity (Wildman–Crippen MR) is 144 cm³/mol. The Hall–Kier alpha value is -3.07. The van der Waals surface area contributed by atoms with Crippen LogP contribution >= 0.6 is 0 Å². The number of nitrogens with zero attached hydrogens (tertiary/aromatic N) is 2. The summed E-state index contributed by atoms with van der Waals surface area (Å²) in [5.74, 6) is 6.99. The molecule has 5 nitrogen and oxygen atoms in total. The zero-order valence-corrected chi connectivity index (χ0v) is 21.8. The van der Waals surface area contributed by atoms with Crippen LogP contribution in [-0.4, -0.2) is 64.2 Å². The standard InChI is InChI=1S/C32H36N2O3/c1-4-18-33-19-17-31-29-24-11-8-12-26(29)37-30(31)25(15-16-32(31,36)27(33)20-24)34(21-22(2)3)28(35)14-13-23-9-6-5-7-10-23/h4-12,22,25,27,30,36H,1,15-21H2,2-3H3/t25-,27+,30-,31-,32+/m0/s1. The van der Waals surface area contributed by atoms with E-state index in [1.807, 2.05) is 47.4 Å². The van der Waals surface area contributed by atoms with E-state index in [1.54, 1.807) is 0 Å². The van der Waals surface area contributed by atoms with E-state index in [9.17, 15) is 9.90 Å². The molecule has 1 saturated carbocycles. The van der Waals surface area contributed by atoms with Gasteiger partial charge in [-0.15, -0.1) is 6.58 Å². The highest BCUT2D eigenvalue weighted by atomic mass is 16.5. The van der Waals surface area contributed by atoms with Gasteiger partial charge in [-0.05, 0) is 61.9 Å². The van der Waals surface area contributed by atoms with Gasteiger partial charge < -0.3 is 14.7 Å². The molecule has 1 saturated heterocycles. The fraction of sp³-hybridized carbons (Fsp3) is 0.469. The van der Waals surface area contributed by atoms with Gasteiger partial charge in [0, 0.05) is 36.2 Å². The van der Waals surface area contributed by atoms with Crippen LogP contribution in [0.1, 0.15) is 49.8 Å². The van der Waals surface area contributed by atoms with Gasteiger partial charge >= 0.3 is 0 Å². The molecule has 2 fully saturated rings. The lowest BCUT2D eigenvalue weighted by Gasteiger charge is -2.64. The average molecular weight is 497 g/mol. The summed E-state index contributed by atoms with van der Waals surface area (Å²) >= 11 is 0. The number of carbonyl (C=O) groups excluding carboxylic acids is 1. The number of benzene rings is 2. The number of hydrogen-bond donors (Lipinski definition) is 1. The molecule has 5 heteroatoms. The van der Waals surface area contributed by atoms with E-state index in [4.69, 9.17) is 4.74 Å². The molecule has 2 aromatic carbocycles. The van der Waals surface area contributed by atoms with Crippen LogP contribution in [0.5, 0.6) is 5.75 Å². The van der Waals surface area contributed by atoms with E-state index >= 15 is 0 Å². The van der Waals surface area contributed by atoms with Crippen molar-refractivity contribution in [2.45, 2.75) is 68.7 Å². The van der Waals surface area contributed by atoms with Gasteiger partial charge in [-0.1, -0.05) is 56.2 Å². The molecule has 0 unspecified atom stereocenters. The summed E-state index contributed by atoms with van der Waals surface area (Å²) in [4.78, 5) is 18.0. The Morgan fingerprint density at radius 2 is 2.05 bits per heavy atom. The highest BCUT2D eigenvalue weighted by Crippen LogP contribution is 2.64. The topological polar surface area (TPSA) is 53.0 Å². The second-order valence-corrected chi connectivity index (χ2v) is 11.6. The number of likely N-dealkylation sites (tertiary alicyclic amines) is 1. The van der Waals surface area contributed by atoms with Gasteiger partial charge in [-0.2, -0.15) is 0 Å². The predicted octanol–water partition coefficient (Wildman–Crippen LogP) is 3.93. The van der Waals surface area contributed by atoms with Crippen molar-refractivity contribution in [1.82, 2.24) is 9.80 Å². The van der Waals surface area contributed by atoms with Crippen LogP contribution in [0, 0.1) is 17.8 Å². The maximum Gasteiger partial charge on any atom is 0.299 e. The molecule has 2 heterocycles. The molecule has 0 radical (unpaired) electrons. The second-order valence-electron chi connectivity index (χ2n) is 11.6. The quantitative estimate of drug-likeness (QED) is 0.504. The van der Waals surface area contributed by atoms with Crippen molar-refractivity contribution in [2.24, 2.45) is 5.92 Å².